The topological polar surface area (TPSA) is 62.6 Å². The number of aryl methyl sites for hydroxylation is 2. The zero-order valence-electron chi connectivity index (χ0n) is 16.3. The van der Waals surface area contributed by atoms with Gasteiger partial charge in [0.15, 0.2) is 0 Å². The summed E-state index contributed by atoms with van der Waals surface area (Å²) in [6.07, 6.45) is 1.61. The maximum Gasteiger partial charge on any atom is 0.255 e. The van der Waals surface area contributed by atoms with Gasteiger partial charge in [-0.15, -0.1) is 11.8 Å². The second-order valence-electron chi connectivity index (χ2n) is 7.22. The van der Waals surface area contributed by atoms with Crippen LogP contribution in [-0.4, -0.2) is 22.5 Å². The Morgan fingerprint density at radius 3 is 2.52 bits per heavy atom. The number of furan rings is 1. The van der Waals surface area contributed by atoms with E-state index in [4.69, 9.17) is 4.42 Å². The fourth-order valence-electron chi connectivity index (χ4n) is 3.52. The highest BCUT2D eigenvalue weighted by Crippen LogP contribution is 2.39. The van der Waals surface area contributed by atoms with Crippen molar-refractivity contribution in [1.82, 2.24) is 4.90 Å². The molecule has 2 amide bonds. The first kappa shape index (κ1) is 19.3. The Morgan fingerprint density at radius 1 is 1.14 bits per heavy atom. The van der Waals surface area contributed by atoms with Crippen molar-refractivity contribution in [2.45, 2.75) is 25.8 Å². The van der Waals surface area contributed by atoms with Crippen LogP contribution in [0.15, 0.2) is 65.3 Å². The lowest BCUT2D eigenvalue weighted by molar-refractivity contribution is -0.128. The van der Waals surface area contributed by atoms with Gasteiger partial charge >= 0.3 is 0 Å². The molecule has 0 spiro atoms. The Labute approximate surface area is 174 Å². The average Bonchev–Trinajstić information content (AvgIpc) is 3.32. The minimum atomic E-state index is -0.149. The molecule has 1 saturated heterocycles. The number of thioether (sulfide) groups is 1. The van der Waals surface area contributed by atoms with Gasteiger partial charge in [-0.1, -0.05) is 18.2 Å². The van der Waals surface area contributed by atoms with Crippen LogP contribution in [-0.2, 0) is 11.3 Å². The van der Waals surface area contributed by atoms with Crippen molar-refractivity contribution in [2.75, 3.05) is 11.1 Å². The molecule has 0 bridgehead atoms. The largest absolute Gasteiger partial charge is 0.467 e. The first-order valence-corrected chi connectivity index (χ1v) is 10.5. The van der Waals surface area contributed by atoms with E-state index in [0.29, 0.717) is 17.9 Å². The van der Waals surface area contributed by atoms with E-state index < -0.39 is 0 Å². The van der Waals surface area contributed by atoms with Crippen molar-refractivity contribution in [3.05, 3.63) is 88.9 Å². The highest BCUT2D eigenvalue weighted by atomic mass is 32.2. The molecule has 0 radical (unpaired) electrons. The van der Waals surface area contributed by atoms with Crippen molar-refractivity contribution in [2.24, 2.45) is 0 Å². The molecule has 5 nitrogen and oxygen atoms in total. The molecule has 148 valence electrons. The van der Waals surface area contributed by atoms with Gasteiger partial charge in [0.05, 0.1) is 18.6 Å². The third-order valence-corrected chi connectivity index (χ3v) is 6.07. The van der Waals surface area contributed by atoms with E-state index in [1.165, 1.54) is 0 Å². The molecule has 1 aliphatic heterocycles. The van der Waals surface area contributed by atoms with Gasteiger partial charge in [-0.05, 0) is 66.9 Å². The van der Waals surface area contributed by atoms with E-state index >= 15 is 0 Å². The minimum Gasteiger partial charge on any atom is -0.467 e. The minimum absolute atomic E-state index is 0.0795. The summed E-state index contributed by atoms with van der Waals surface area (Å²) >= 11 is 1.59. The van der Waals surface area contributed by atoms with Crippen molar-refractivity contribution in [3.8, 4) is 0 Å². The standard InChI is InChI=1S/C23H22N2O3S/c1-15-10-16(2)12-19(11-15)24-22(27)17-5-7-18(8-6-17)23-25(21(26)14-29-23)13-20-4-3-9-28-20/h3-12,23H,13-14H2,1-2H3,(H,24,27). The first-order valence-electron chi connectivity index (χ1n) is 9.43. The summed E-state index contributed by atoms with van der Waals surface area (Å²) in [5, 5.41) is 2.87. The van der Waals surface area contributed by atoms with Crippen molar-refractivity contribution in [3.63, 3.8) is 0 Å². The Hall–Kier alpha value is -2.99. The van der Waals surface area contributed by atoms with E-state index in [9.17, 15) is 9.59 Å². The van der Waals surface area contributed by atoms with Crippen LogP contribution in [0.4, 0.5) is 5.69 Å². The van der Waals surface area contributed by atoms with Gasteiger partial charge < -0.3 is 14.6 Å². The molecular formula is C23H22N2O3S. The van der Waals surface area contributed by atoms with Crippen LogP contribution in [0, 0.1) is 13.8 Å². The van der Waals surface area contributed by atoms with E-state index in [1.807, 2.05) is 67.3 Å². The van der Waals surface area contributed by atoms with Crippen molar-refractivity contribution < 1.29 is 14.0 Å². The number of carbonyl (C=O) groups is 2. The summed E-state index contributed by atoms with van der Waals surface area (Å²) in [6.45, 7) is 4.46. The number of nitrogens with zero attached hydrogens (tertiary/aromatic N) is 1. The monoisotopic (exact) mass is 406 g/mol. The molecule has 1 aromatic heterocycles. The Bertz CT molecular complexity index is 1010. The smallest absolute Gasteiger partial charge is 0.255 e. The van der Waals surface area contributed by atoms with Crippen LogP contribution in [0.5, 0.6) is 0 Å². The molecule has 3 aromatic rings. The van der Waals surface area contributed by atoms with Gasteiger partial charge in [0, 0.05) is 11.3 Å². The molecule has 1 unspecified atom stereocenters. The predicted octanol–water partition coefficient (Wildman–Crippen LogP) is 4.92. The second-order valence-corrected chi connectivity index (χ2v) is 8.29. The summed E-state index contributed by atoms with van der Waals surface area (Å²) in [4.78, 5) is 26.7. The number of rotatable bonds is 5. The quantitative estimate of drug-likeness (QED) is 0.653. The second kappa shape index (κ2) is 8.17. The van der Waals surface area contributed by atoms with Gasteiger partial charge in [-0.2, -0.15) is 0 Å². The normalized spacial score (nSPS) is 16.3. The summed E-state index contributed by atoms with van der Waals surface area (Å²) < 4.78 is 5.40. The lowest BCUT2D eigenvalue weighted by atomic mass is 10.1. The Morgan fingerprint density at radius 2 is 1.86 bits per heavy atom. The SMILES string of the molecule is Cc1cc(C)cc(NC(=O)c2ccc(C3SCC(=O)N3Cc3ccco3)cc2)c1. The molecule has 1 fully saturated rings. The van der Waals surface area contributed by atoms with Crippen LogP contribution in [0.2, 0.25) is 0 Å². The molecule has 1 atom stereocenters. The van der Waals surface area contributed by atoms with Gasteiger partial charge in [0.2, 0.25) is 5.91 Å². The van der Waals surface area contributed by atoms with Gasteiger partial charge in [-0.25, -0.2) is 0 Å². The third kappa shape index (κ3) is 4.38. The fourth-order valence-corrected chi connectivity index (χ4v) is 4.71. The lowest BCUT2D eigenvalue weighted by Gasteiger charge is -2.23. The number of amides is 2. The molecule has 0 aliphatic carbocycles. The summed E-state index contributed by atoms with van der Waals surface area (Å²) in [5.74, 6) is 1.15. The lowest BCUT2D eigenvalue weighted by Crippen LogP contribution is -2.27. The Balaban J connectivity index is 1.48. The van der Waals surface area contributed by atoms with E-state index in [2.05, 4.69) is 11.4 Å². The molecule has 4 rings (SSSR count). The van der Waals surface area contributed by atoms with Gasteiger partial charge in [0.25, 0.3) is 5.91 Å². The van der Waals surface area contributed by atoms with Crippen molar-refractivity contribution in [1.29, 1.82) is 0 Å². The zero-order valence-corrected chi connectivity index (χ0v) is 17.2. The predicted molar refractivity (Wildman–Crippen MR) is 115 cm³/mol. The maximum absolute atomic E-state index is 12.6. The van der Waals surface area contributed by atoms with Crippen LogP contribution in [0.25, 0.3) is 0 Å². The molecule has 6 heteroatoms. The average molecular weight is 407 g/mol. The molecule has 1 N–H and O–H groups in total. The molecule has 29 heavy (non-hydrogen) atoms. The van der Waals surface area contributed by atoms with E-state index in [-0.39, 0.29) is 17.2 Å². The van der Waals surface area contributed by atoms with E-state index in [1.54, 1.807) is 18.0 Å². The summed E-state index contributed by atoms with van der Waals surface area (Å²) in [6, 6.07) is 17.1. The van der Waals surface area contributed by atoms with Gasteiger partial charge in [-0.3, -0.25) is 9.59 Å². The molecule has 2 heterocycles. The first-order chi connectivity index (χ1) is 14.0. The molecule has 1 aliphatic rings. The number of anilines is 1. The molecule has 2 aromatic carbocycles. The molecule has 0 saturated carbocycles. The van der Waals surface area contributed by atoms with Crippen LogP contribution in [0.1, 0.15) is 38.2 Å². The molecular weight excluding hydrogens is 384 g/mol. The number of benzene rings is 2. The fraction of sp³-hybridized carbons (Fsp3) is 0.217. The summed E-state index contributed by atoms with van der Waals surface area (Å²) in [5.41, 5.74) is 4.58. The number of nitrogens with one attached hydrogen (secondary N) is 1. The Kier molecular flexibility index (Phi) is 5.45. The summed E-state index contributed by atoms with van der Waals surface area (Å²) in [7, 11) is 0. The number of hydrogen-bond donors (Lipinski definition) is 1. The zero-order chi connectivity index (χ0) is 20.4. The highest BCUT2D eigenvalue weighted by Gasteiger charge is 2.33. The maximum atomic E-state index is 12.6. The van der Waals surface area contributed by atoms with Crippen LogP contribution < -0.4 is 5.32 Å². The third-order valence-electron chi connectivity index (χ3n) is 4.81. The number of hydrogen-bond acceptors (Lipinski definition) is 4. The number of carbonyl (C=O) groups excluding carboxylic acids is 2. The highest BCUT2D eigenvalue weighted by molar-refractivity contribution is 8.00. The van der Waals surface area contributed by atoms with Gasteiger partial charge in [0.1, 0.15) is 11.1 Å². The van der Waals surface area contributed by atoms with Crippen molar-refractivity contribution >= 4 is 29.3 Å². The van der Waals surface area contributed by atoms with E-state index in [0.717, 1.165) is 28.1 Å². The van der Waals surface area contributed by atoms with Crippen LogP contribution in [0.3, 0.4) is 0 Å². The van der Waals surface area contributed by atoms with Crippen LogP contribution >= 0.6 is 11.8 Å².